The van der Waals surface area contributed by atoms with E-state index in [9.17, 15) is 9.50 Å². The predicted molar refractivity (Wildman–Crippen MR) is 70.5 cm³/mol. The molecule has 1 aliphatic heterocycles. The van der Waals surface area contributed by atoms with Crippen LogP contribution in [0.15, 0.2) is 18.2 Å². The lowest BCUT2D eigenvalue weighted by atomic mass is 9.83. The van der Waals surface area contributed by atoms with E-state index in [1.165, 1.54) is 6.07 Å². The monoisotopic (exact) mass is 268 g/mol. The van der Waals surface area contributed by atoms with Crippen molar-refractivity contribution < 1.29 is 19.0 Å². The summed E-state index contributed by atoms with van der Waals surface area (Å²) in [5.41, 5.74) is 0.506. The minimum Gasteiger partial charge on any atom is -0.385 e. The van der Waals surface area contributed by atoms with Gasteiger partial charge in [-0.05, 0) is 19.9 Å². The summed E-state index contributed by atoms with van der Waals surface area (Å²) >= 11 is 0. The van der Waals surface area contributed by atoms with E-state index in [1.54, 1.807) is 12.1 Å². The quantitative estimate of drug-likeness (QED) is 0.912. The summed E-state index contributed by atoms with van der Waals surface area (Å²) in [5.74, 6) is -0.385. The van der Waals surface area contributed by atoms with Crippen LogP contribution in [0.4, 0.5) is 4.39 Å². The predicted octanol–water partition coefficient (Wildman–Crippen LogP) is 2.75. The third kappa shape index (κ3) is 2.96. The maximum atomic E-state index is 13.9. The van der Waals surface area contributed by atoms with Gasteiger partial charge >= 0.3 is 0 Å². The molecule has 0 aromatic heterocycles. The Morgan fingerprint density at radius 1 is 1.42 bits per heavy atom. The van der Waals surface area contributed by atoms with Crippen molar-refractivity contribution in [2.45, 2.75) is 38.4 Å². The largest absolute Gasteiger partial charge is 0.385 e. The smallest absolute Gasteiger partial charge is 0.129 e. The molecule has 19 heavy (non-hydrogen) atoms. The third-order valence-electron chi connectivity index (χ3n) is 3.72. The lowest BCUT2D eigenvalue weighted by Gasteiger charge is -2.40. The number of hydrogen-bond donors (Lipinski definition) is 1. The van der Waals surface area contributed by atoms with Crippen LogP contribution >= 0.6 is 0 Å². The van der Waals surface area contributed by atoms with Gasteiger partial charge in [0.05, 0.1) is 0 Å². The van der Waals surface area contributed by atoms with Crippen LogP contribution in [0.1, 0.15) is 37.0 Å². The first-order valence-electron chi connectivity index (χ1n) is 6.75. The average molecular weight is 268 g/mol. The van der Waals surface area contributed by atoms with Gasteiger partial charge in [-0.2, -0.15) is 0 Å². The zero-order valence-corrected chi connectivity index (χ0v) is 11.5. The van der Waals surface area contributed by atoms with Crippen molar-refractivity contribution in [3.05, 3.63) is 35.1 Å². The second-order valence-corrected chi connectivity index (χ2v) is 5.04. The van der Waals surface area contributed by atoms with Crippen LogP contribution in [0.2, 0.25) is 0 Å². The highest BCUT2D eigenvalue weighted by atomic mass is 19.1. The van der Waals surface area contributed by atoms with E-state index in [-0.39, 0.29) is 5.82 Å². The third-order valence-corrected chi connectivity index (χ3v) is 3.72. The van der Waals surface area contributed by atoms with Crippen molar-refractivity contribution in [3.63, 3.8) is 0 Å². The maximum absolute atomic E-state index is 13.9. The van der Waals surface area contributed by atoms with Gasteiger partial charge in [0, 0.05) is 38.2 Å². The van der Waals surface area contributed by atoms with Crippen LogP contribution in [-0.2, 0) is 9.47 Å². The summed E-state index contributed by atoms with van der Waals surface area (Å²) in [7, 11) is 0. The number of rotatable bonds is 4. The van der Waals surface area contributed by atoms with E-state index in [4.69, 9.17) is 9.47 Å². The van der Waals surface area contributed by atoms with Gasteiger partial charge in [0.15, 0.2) is 0 Å². The Balaban J connectivity index is 2.32. The second-order valence-electron chi connectivity index (χ2n) is 5.04. The second kappa shape index (κ2) is 5.99. The number of aliphatic hydroxyl groups is 1. The van der Waals surface area contributed by atoms with Crippen LogP contribution in [0.3, 0.4) is 0 Å². The molecule has 1 atom stereocenters. The number of aryl methyl sites for hydroxylation is 1. The Labute approximate surface area is 113 Å². The zero-order chi connectivity index (χ0) is 13.9. The lowest BCUT2D eigenvalue weighted by molar-refractivity contribution is -0.168. The van der Waals surface area contributed by atoms with Crippen molar-refractivity contribution in [1.82, 2.24) is 0 Å². The van der Waals surface area contributed by atoms with Crippen molar-refractivity contribution in [1.29, 1.82) is 0 Å². The van der Waals surface area contributed by atoms with E-state index in [0.717, 1.165) is 5.56 Å². The molecule has 1 N–H and O–H groups in total. The van der Waals surface area contributed by atoms with E-state index in [2.05, 4.69) is 0 Å². The van der Waals surface area contributed by atoms with Crippen LogP contribution in [0.5, 0.6) is 0 Å². The molecule has 1 aliphatic rings. The highest BCUT2D eigenvalue weighted by Crippen LogP contribution is 2.38. The van der Waals surface area contributed by atoms with Crippen molar-refractivity contribution in [2.24, 2.45) is 0 Å². The van der Waals surface area contributed by atoms with E-state index < -0.39 is 11.7 Å². The van der Waals surface area contributed by atoms with Crippen LogP contribution in [0.25, 0.3) is 0 Å². The highest BCUT2D eigenvalue weighted by molar-refractivity contribution is 5.28. The Morgan fingerprint density at radius 3 is 2.74 bits per heavy atom. The van der Waals surface area contributed by atoms with Gasteiger partial charge in [-0.15, -0.1) is 0 Å². The van der Waals surface area contributed by atoms with Crippen molar-refractivity contribution in [3.8, 4) is 0 Å². The molecule has 1 aromatic rings. The van der Waals surface area contributed by atoms with Gasteiger partial charge in [-0.25, -0.2) is 4.39 Å². The summed E-state index contributed by atoms with van der Waals surface area (Å²) in [4.78, 5) is 0. The molecule has 1 fully saturated rings. The number of halogens is 1. The molecule has 4 heteroatoms. The molecule has 1 unspecified atom stereocenters. The summed E-state index contributed by atoms with van der Waals surface area (Å²) in [6, 6.07) is 4.78. The van der Waals surface area contributed by atoms with Crippen molar-refractivity contribution >= 4 is 0 Å². The molecule has 0 radical (unpaired) electrons. The number of ether oxygens (including phenoxy) is 2. The Kier molecular flexibility index (Phi) is 4.55. The topological polar surface area (TPSA) is 38.7 Å². The van der Waals surface area contributed by atoms with Gasteiger partial charge in [-0.1, -0.05) is 17.7 Å². The van der Waals surface area contributed by atoms with Gasteiger partial charge in [0.25, 0.3) is 0 Å². The molecule has 0 saturated carbocycles. The number of benzene rings is 1. The van der Waals surface area contributed by atoms with Crippen molar-refractivity contribution in [2.75, 3.05) is 19.8 Å². The standard InChI is InChI=1S/C15H21FO3/c1-3-19-15(6-8-18-9-7-15)14(17)12-10-11(2)4-5-13(12)16/h4-5,10,14,17H,3,6-9H2,1-2H3. The first-order chi connectivity index (χ1) is 9.09. The molecule has 1 aromatic carbocycles. The highest BCUT2D eigenvalue weighted by Gasteiger charge is 2.42. The van der Waals surface area contributed by atoms with E-state index >= 15 is 0 Å². The maximum Gasteiger partial charge on any atom is 0.129 e. The molecule has 1 saturated heterocycles. The normalized spacial score (nSPS) is 20.2. The molecule has 0 aliphatic carbocycles. The fourth-order valence-corrected chi connectivity index (χ4v) is 2.66. The van der Waals surface area contributed by atoms with Gasteiger partial charge in [-0.3, -0.25) is 0 Å². The molecular weight excluding hydrogens is 247 g/mol. The Bertz CT molecular complexity index is 422. The first-order valence-corrected chi connectivity index (χ1v) is 6.75. The summed E-state index contributed by atoms with van der Waals surface area (Å²) in [6.45, 7) is 5.32. The van der Waals surface area contributed by atoms with Crippen LogP contribution in [0, 0.1) is 12.7 Å². The fourth-order valence-electron chi connectivity index (χ4n) is 2.66. The summed E-state index contributed by atoms with van der Waals surface area (Å²) in [6.07, 6.45) is 0.196. The molecule has 0 amide bonds. The van der Waals surface area contributed by atoms with Crippen LogP contribution < -0.4 is 0 Å². The van der Waals surface area contributed by atoms with Gasteiger partial charge < -0.3 is 14.6 Å². The Hall–Kier alpha value is -0.970. The molecule has 0 spiro atoms. The molecule has 1 heterocycles. The van der Waals surface area contributed by atoms with Crippen LogP contribution in [-0.4, -0.2) is 30.5 Å². The first kappa shape index (κ1) is 14.4. The molecule has 106 valence electrons. The lowest BCUT2D eigenvalue weighted by Crippen LogP contribution is -2.45. The summed E-state index contributed by atoms with van der Waals surface area (Å²) in [5, 5.41) is 10.6. The van der Waals surface area contributed by atoms with Gasteiger partial charge in [0.1, 0.15) is 17.5 Å². The number of aliphatic hydroxyl groups excluding tert-OH is 1. The zero-order valence-electron chi connectivity index (χ0n) is 11.5. The Morgan fingerprint density at radius 2 is 2.11 bits per heavy atom. The minimum atomic E-state index is -0.962. The van der Waals surface area contributed by atoms with E-state index in [1.807, 2.05) is 13.8 Å². The minimum absolute atomic E-state index is 0.315. The molecule has 2 rings (SSSR count). The fraction of sp³-hybridized carbons (Fsp3) is 0.600. The summed E-state index contributed by atoms with van der Waals surface area (Å²) < 4.78 is 25.0. The average Bonchev–Trinajstić information content (AvgIpc) is 2.42. The van der Waals surface area contributed by atoms with E-state index in [0.29, 0.717) is 38.2 Å². The SMILES string of the molecule is CCOC1(C(O)c2cc(C)ccc2F)CCOCC1. The number of hydrogen-bond acceptors (Lipinski definition) is 3. The van der Waals surface area contributed by atoms with Gasteiger partial charge in [0.2, 0.25) is 0 Å². The molecule has 3 nitrogen and oxygen atoms in total. The molecular formula is C15H21FO3. The molecule has 0 bridgehead atoms.